The van der Waals surface area contributed by atoms with Gasteiger partial charge in [-0.05, 0) is 56.2 Å². The van der Waals surface area contributed by atoms with E-state index in [4.69, 9.17) is 0 Å². The lowest BCUT2D eigenvalue weighted by atomic mass is 9.84. The molecule has 1 aliphatic rings. The largest absolute Gasteiger partial charge is 0.347 e. The summed E-state index contributed by atoms with van der Waals surface area (Å²) in [6.07, 6.45) is 4.46. The standard InChI is InChI=1S/C21H26N2O2S/c1-14-11-15(2)18(16(3)12-14)23-20(25)19(24)22-13-21(8-4-5-9-21)17-7-6-10-26-17/h6-7,10-12H,4-5,8-9,13H2,1-3H3,(H,22,24)(H,23,25). The Labute approximate surface area is 159 Å². The Hall–Kier alpha value is -2.14. The predicted molar refractivity (Wildman–Crippen MR) is 107 cm³/mol. The van der Waals surface area contributed by atoms with Gasteiger partial charge in [0, 0.05) is 22.5 Å². The summed E-state index contributed by atoms with van der Waals surface area (Å²) in [5.41, 5.74) is 3.79. The van der Waals surface area contributed by atoms with Crippen LogP contribution in [0.25, 0.3) is 0 Å². The van der Waals surface area contributed by atoms with E-state index in [2.05, 4.69) is 28.1 Å². The first-order valence-corrected chi connectivity index (χ1v) is 10.0. The summed E-state index contributed by atoms with van der Waals surface area (Å²) in [6.45, 7) is 6.42. The van der Waals surface area contributed by atoms with Crippen LogP contribution in [0.15, 0.2) is 29.6 Å². The van der Waals surface area contributed by atoms with Gasteiger partial charge in [-0.3, -0.25) is 9.59 Å². The molecule has 1 saturated carbocycles. The molecule has 0 unspecified atom stereocenters. The molecule has 0 radical (unpaired) electrons. The van der Waals surface area contributed by atoms with Gasteiger partial charge in [-0.2, -0.15) is 0 Å². The van der Waals surface area contributed by atoms with Crippen LogP contribution >= 0.6 is 11.3 Å². The Morgan fingerprint density at radius 3 is 2.31 bits per heavy atom. The molecular weight excluding hydrogens is 344 g/mol. The lowest BCUT2D eigenvalue weighted by Crippen LogP contribution is -2.43. The first kappa shape index (κ1) is 18.6. The summed E-state index contributed by atoms with van der Waals surface area (Å²) in [5, 5.41) is 7.74. The number of thiophene rings is 1. The number of benzene rings is 1. The number of nitrogens with one attached hydrogen (secondary N) is 2. The third kappa shape index (κ3) is 3.83. The van der Waals surface area contributed by atoms with E-state index in [9.17, 15) is 9.59 Å². The quantitative estimate of drug-likeness (QED) is 0.791. The minimum absolute atomic E-state index is 0.0141. The van der Waals surface area contributed by atoms with Crippen molar-refractivity contribution in [3.05, 3.63) is 51.2 Å². The van der Waals surface area contributed by atoms with E-state index < -0.39 is 11.8 Å². The second kappa shape index (κ2) is 7.62. The molecule has 1 aliphatic carbocycles. The van der Waals surface area contributed by atoms with Gasteiger partial charge in [0.25, 0.3) is 0 Å². The summed E-state index contributed by atoms with van der Waals surface area (Å²) in [4.78, 5) is 26.1. The Kier molecular flexibility index (Phi) is 5.47. The van der Waals surface area contributed by atoms with Crippen molar-refractivity contribution in [2.24, 2.45) is 0 Å². The molecule has 0 saturated heterocycles. The molecule has 138 valence electrons. The molecule has 1 heterocycles. The fourth-order valence-electron chi connectivity index (χ4n) is 4.02. The third-order valence-electron chi connectivity index (χ3n) is 5.31. The zero-order valence-electron chi connectivity index (χ0n) is 15.6. The van der Waals surface area contributed by atoms with Crippen LogP contribution in [0.4, 0.5) is 5.69 Å². The maximum atomic E-state index is 12.4. The molecule has 26 heavy (non-hydrogen) atoms. The first-order valence-electron chi connectivity index (χ1n) is 9.12. The average Bonchev–Trinajstić information content (AvgIpc) is 3.27. The van der Waals surface area contributed by atoms with Gasteiger partial charge in [-0.1, -0.05) is 36.6 Å². The molecule has 3 rings (SSSR count). The van der Waals surface area contributed by atoms with Gasteiger partial charge in [-0.15, -0.1) is 11.3 Å². The van der Waals surface area contributed by atoms with Gasteiger partial charge in [0.05, 0.1) is 0 Å². The Balaban J connectivity index is 1.66. The minimum atomic E-state index is -0.598. The highest BCUT2D eigenvalue weighted by Crippen LogP contribution is 2.42. The highest BCUT2D eigenvalue weighted by molar-refractivity contribution is 7.10. The number of carbonyl (C=O) groups excluding carboxylic acids is 2. The van der Waals surface area contributed by atoms with Crippen molar-refractivity contribution < 1.29 is 9.59 Å². The van der Waals surface area contributed by atoms with Gasteiger partial charge in [0.15, 0.2) is 0 Å². The Morgan fingerprint density at radius 2 is 1.73 bits per heavy atom. The second-order valence-electron chi connectivity index (χ2n) is 7.38. The van der Waals surface area contributed by atoms with Crippen molar-refractivity contribution in [1.82, 2.24) is 5.32 Å². The monoisotopic (exact) mass is 370 g/mol. The molecule has 0 spiro atoms. The third-order valence-corrected chi connectivity index (χ3v) is 6.43. The van der Waals surface area contributed by atoms with E-state index in [1.54, 1.807) is 11.3 Å². The highest BCUT2D eigenvalue weighted by Gasteiger charge is 2.37. The predicted octanol–water partition coefficient (Wildman–Crippen LogP) is 4.24. The number of carbonyl (C=O) groups is 2. The Bertz CT molecular complexity index is 782. The summed E-state index contributed by atoms with van der Waals surface area (Å²) in [7, 11) is 0. The number of amides is 2. The molecule has 1 fully saturated rings. The summed E-state index contributed by atoms with van der Waals surface area (Å²) < 4.78 is 0. The van der Waals surface area contributed by atoms with E-state index >= 15 is 0 Å². The lowest BCUT2D eigenvalue weighted by Gasteiger charge is -2.28. The molecule has 1 aromatic heterocycles. The normalized spacial score (nSPS) is 15.7. The van der Waals surface area contributed by atoms with Gasteiger partial charge >= 0.3 is 11.8 Å². The van der Waals surface area contributed by atoms with Gasteiger partial charge < -0.3 is 10.6 Å². The maximum absolute atomic E-state index is 12.4. The maximum Gasteiger partial charge on any atom is 0.313 e. The smallest absolute Gasteiger partial charge is 0.313 e. The number of anilines is 1. The SMILES string of the molecule is Cc1cc(C)c(NC(=O)C(=O)NCC2(c3cccs3)CCCC2)c(C)c1. The molecule has 0 bridgehead atoms. The molecule has 4 nitrogen and oxygen atoms in total. The van der Waals surface area contributed by atoms with E-state index in [0.29, 0.717) is 6.54 Å². The summed E-state index contributed by atoms with van der Waals surface area (Å²) in [6, 6.07) is 8.20. The molecule has 0 aliphatic heterocycles. The van der Waals surface area contributed by atoms with E-state index in [1.807, 2.05) is 32.9 Å². The van der Waals surface area contributed by atoms with Crippen molar-refractivity contribution in [2.75, 3.05) is 11.9 Å². The van der Waals surface area contributed by atoms with Crippen molar-refractivity contribution >= 4 is 28.8 Å². The van der Waals surface area contributed by atoms with Gasteiger partial charge in [0.2, 0.25) is 0 Å². The van der Waals surface area contributed by atoms with E-state index in [1.165, 1.54) is 17.7 Å². The first-order chi connectivity index (χ1) is 12.4. The fraction of sp³-hybridized carbons (Fsp3) is 0.429. The second-order valence-corrected chi connectivity index (χ2v) is 8.32. The average molecular weight is 371 g/mol. The van der Waals surface area contributed by atoms with Gasteiger partial charge in [-0.25, -0.2) is 0 Å². The van der Waals surface area contributed by atoms with Crippen LogP contribution in [0.5, 0.6) is 0 Å². The lowest BCUT2D eigenvalue weighted by molar-refractivity contribution is -0.136. The highest BCUT2D eigenvalue weighted by atomic mass is 32.1. The number of aryl methyl sites for hydroxylation is 3. The molecule has 2 aromatic rings. The van der Waals surface area contributed by atoms with Crippen LogP contribution in [-0.4, -0.2) is 18.4 Å². The fourth-order valence-corrected chi connectivity index (χ4v) is 5.01. The van der Waals surface area contributed by atoms with Crippen molar-refractivity contribution in [1.29, 1.82) is 0 Å². The van der Waals surface area contributed by atoms with Gasteiger partial charge in [0.1, 0.15) is 0 Å². The van der Waals surface area contributed by atoms with Crippen LogP contribution in [0.2, 0.25) is 0 Å². The topological polar surface area (TPSA) is 58.2 Å². The van der Waals surface area contributed by atoms with Crippen molar-refractivity contribution in [2.45, 2.75) is 51.9 Å². The van der Waals surface area contributed by atoms with Crippen LogP contribution in [0, 0.1) is 20.8 Å². The molecule has 0 atom stereocenters. The number of hydrogen-bond donors (Lipinski definition) is 2. The summed E-state index contributed by atoms with van der Waals surface area (Å²) >= 11 is 1.74. The zero-order valence-corrected chi connectivity index (χ0v) is 16.5. The molecule has 2 amide bonds. The van der Waals surface area contributed by atoms with Crippen molar-refractivity contribution in [3.8, 4) is 0 Å². The number of rotatable bonds is 4. The zero-order chi connectivity index (χ0) is 18.7. The van der Waals surface area contributed by atoms with Crippen LogP contribution in [0.3, 0.4) is 0 Å². The molecule has 5 heteroatoms. The van der Waals surface area contributed by atoms with Crippen LogP contribution in [-0.2, 0) is 15.0 Å². The van der Waals surface area contributed by atoms with E-state index in [0.717, 1.165) is 35.2 Å². The van der Waals surface area contributed by atoms with Crippen molar-refractivity contribution in [3.63, 3.8) is 0 Å². The molecular formula is C21H26N2O2S. The molecule has 1 aromatic carbocycles. The number of hydrogen-bond acceptors (Lipinski definition) is 3. The molecule has 2 N–H and O–H groups in total. The minimum Gasteiger partial charge on any atom is -0.347 e. The summed E-state index contributed by atoms with van der Waals surface area (Å²) in [5.74, 6) is -1.16. The Morgan fingerprint density at radius 1 is 1.08 bits per heavy atom. The van der Waals surface area contributed by atoms with Crippen LogP contribution in [0.1, 0.15) is 47.3 Å². The van der Waals surface area contributed by atoms with Crippen LogP contribution < -0.4 is 10.6 Å². The van der Waals surface area contributed by atoms with E-state index in [-0.39, 0.29) is 5.41 Å².